The second-order valence-electron chi connectivity index (χ2n) is 6.32. The van der Waals surface area contributed by atoms with Crippen molar-refractivity contribution in [3.8, 4) is 0 Å². The molecule has 24 heavy (non-hydrogen) atoms. The average molecular weight is 357 g/mol. The molecule has 4 amide bonds. The maximum atomic E-state index is 13.8. The van der Waals surface area contributed by atoms with E-state index >= 15 is 0 Å². The van der Waals surface area contributed by atoms with Crippen LogP contribution in [0.1, 0.15) is 19.4 Å². The largest absolute Gasteiger partial charge is 0.338 e. The van der Waals surface area contributed by atoms with Crippen LogP contribution >= 0.6 is 11.6 Å². The molecule has 0 aromatic heterocycles. The lowest BCUT2D eigenvalue weighted by Crippen LogP contribution is -3.09. The summed E-state index contributed by atoms with van der Waals surface area (Å²) < 4.78 is 13.8. The molecular formula is C16H20ClFN3O3+. The average Bonchev–Trinajstić information content (AvgIpc) is 2.68. The molecule has 2 rings (SSSR count). The Bertz CT molecular complexity index is 660. The minimum Gasteiger partial charge on any atom is -0.316 e. The zero-order chi connectivity index (χ0) is 18.0. The number of quaternary nitrogens is 1. The van der Waals surface area contributed by atoms with Gasteiger partial charge in [0.25, 0.3) is 0 Å². The number of rotatable bonds is 6. The molecule has 0 bridgehead atoms. The van der Waals surface area contributed by atoms with Crippen LogP contribution in [-0.4, -0.2) is 47.9 Å². The molecule has 1 heterocycles. The lowest BCUT2D eigenvalue weighted by Gasteiger charge is -2.21. The van der Waals surface area contributed by atoms with Crippen LogP contribution in [0, 0.1) is 11.7 Å². The Morgan fingerprint density at radius 3 is 2.38 bits per heavy atom. The van der Waals surface area contributed by atoms with E-state index in [1.54, 1.807) is 13.1 Å². The lowest BCUT2D eigenvalue weighted by molar-refractivity contribution is -0.901. The predicted octanol–water partition coefficient (Wildman–Crippen LogP) is 0.898. The number of imide groups is 2. The second kappa shape index (κ2) is 7.27. The minimum absolute atomic E-state index is 0.0390. The van der Waals surface area contributed by atoms with Crippen LogP contribution in [0.5, 0.6) is 0 Å². The van der Waals surface area contributed by atoms with Crippen molar-refractivity contribution in [1.29, 1.82) is 0 Å². The highest BCUT2D eigenvalue weighted by molar-refractivity contribution is 6.44. The lowest BCUT2D eigenvalue weighted by atomic mass is 10.2. The van der Waals surface area contributed by atoms with Crippen molar-refractivity contribution >= 4 is 29.4 Å². The van der Waals surface area contributed by atoms with E-state index in [1.165, 1.54) is 12.1 Å². The first kappa shape index (κ1) is 18.4. The summed E-state index contributed by atoms with van der Waals surface area (Å²) in [4.78, 5) is 38.8. The Kier molecular flexibility index (Phi) is 5.56. The maximum Gasteiger partial charge on any atom is 0.338 e. The molecule has 1 aromatic carbocycles. The second-order valence-corrected chi connectivity index (χ2v) is 6.72. The molecule has 6 nitrogen and oxygen atoms in total. The maximum absolute atomic E-state index is 13.8. The van der Waals surface area contributed by atoms with Gasteiger partial charge >= 0.3 is 17.8 Å². The molecule has 1 saturated heterocycles. The van der Waals surface area contributed by atoms with Crippen LogP contribution in [0.15, 0.2) is 18.2 Å². The summed E-state index contributed by atoms with van der Waals surface area (Å²) in [6, 6.07) is 3.76. The molecular weight excluding hydrogens is 337 g/mol. The number of nitrogens with one attached hydrogen (secondary N) is 1. The third kappa shape index (κ3) is 3.73. The Balaban J connectivity index is 2.08. The Labute approximate surface area is 144 Å². The van der Waals surface area contributed by atoms with E-state index in [0.29, 0.717) is 10.5 Å². The number of carbonyl (C=O) groups excluding carboxylic acids is 3. The van der Waals surface area contributed by atoms with Gasteiger partial charge in [0, 0.05) is 6.54 Å². The van der Waals surface area contributed by atoms with Gasteiger partial charge in [0.1, 0.15) is 12.4 Å². The van der Waals surface area contributed by atoms with Gasteiger partial charge in [-0.25, -0.2) is 14.1 Å². The fourth-order valence-electron chi connectivity index (χ4n) is 2.54. The van der Waals surface area contributed by atoms with Crippen molar-refractivity contribution in [1.82, 2.24) is 9.80 Å². The van der Waals surface area contributed by atoms with Gasteiger partial charge in [-0.1, -0.05) is 31.5 Å². The van der Waals surface area contributed by atoms with E-state index in [1.807, 2.05) is 13.8 Å². The van der Waals surface area contributed by atoms with E-state index in [0.717, 1.165) is 9.80 Å². The molecule has 1 aliphatic heterocycles. The molecule has 0 saturated carbocycles. The van der Waals surface area contributed by atoms with Crippen LogP contribution < -0.4 is 4.90 Å². The van der Waals surface area contributed by atoms with Crippen molar-refractivity contribution in [2.45, 2.75) is 20.4 Å². The molecule has 1 fully saturated rings. The highest BCUT2D eigenvalue weighted by Crippen LogP contribution is 2.18. The van der Waals surface area contributed by atoms with Gasteiger partial charge in [-0.2, -0.15) is 0 Å². The molecule has 0 aliphatic carbocycles. The first-order chi connectivity index (χ1) is 11.2. The predicted molar refractivity (Wildman–Crippen MR) is 85.7 cm³/mol. The Morgan fingerprint density at radius 1 is 1.17 bits per heavy atom. The van der Waals surface area contributed by atoms with E-state index in [9.17, 15) is 18.8 Å². The number of hydrogen-bond donors (Lipinski definition) is 1. The van der Waals surface area contributed by atoms with Crippen molar-refractivity contribution in [2.75, 3.05) is 20.3 Å². The summed E-state index contributed by atoms with van der Waals surface area (Å²) in [7, 11) is 1.69. The zero-order valence-electron chi connectivity index (χ0n) is 13.8. The van der Waals surface area contributed by atoms with Gasteiger partial charge in [-0.15, -0.1) is 0 Å². The first-order valence-corrected chi connectivity index (χ1v) is 8.01. The van der Waals surface area contributed by atoms with E-state index < -0.39 is 23.7 Å². The summed E-state index contributed by atoms with van der Waals surface area (Å²) in [5, 5.41) is 0.283. The SMILES string of the molecule is CC(C)CN1C(=O)C(=O)N(C[NH+](C)Cc2c(F)cccc2Cl)C1=O. The number of hydrogen-bond acceptors (Lipinski definition) is 3. The third-order valence-corrected chi connectivity index (χ3v) is 4.01. The highest BCUT2D eigenvalue weighted by atomic mass is 35.5. The summed E-state index contributed by atoms with van der Waals surface area (Å²) in [6.07, 6.45) is 0. The number of carbonyl (C=O) groups is 3. The smallest absolute Gasteiger partial charge is 0.316 e. The van der Waals surface area contributed by atoms with Crippen LogP contribution in [0.4, 0.5) is 9.18 Å². The van der Waals surface area contributed by atoms with Gasteiger partial charge < -0.3 is 4.90 Å². The summed E-state index contributed by atoms with van der Waals surface area (Å²) in [5.41, 5.74) is 0.307. The molecule has 1 aliphatic rings. The number of benzene rings is 1. The molecule has 0 spiro atoms. The van der Waals surface area contributed by atoms with Gasteiger partial charge in [-0.3, -0.25) is 14.5 Å². The number of halogens is 2. The summed E-state index contributed by atoms with van der Waals surface area (Å²) in [5.74, 6) is -2.04. The molecule has 0 radical (unpaired) electrons. The van der Waals surface area contributed by atoms with Gasteiger partial charge in [-0.05, 0) is 18.1 Å². The van der Waals surface area contributed by atoms with Gasteiger partial charge in [0.15, 0.2) is 6.67 Å². The van der Waals surface area contributed by atoms with Crippen LogP contribution in [-0.2, 0) is 16.1 Å². The number of amides is 4. The zero-order valence-corrected chi connectivity index (χ0v) is 14.6. The quantitative estimate of drug-likeness (QED) is 0.608. The van der Waals surface area contributed by atoms with Crippen LogP contribution in [0.3, 0.4) is 0 Å². The highest BCUT2D eigenvalue weighted by Gasteiger charge is 2.45. The van der Waals surface area contributed by atoms with Crippen LogP contribution in [0.25, 0.3) is 0 Å². The Morgan fingerprint density at radius 2 is 1.79 bits per heavy atom. The van der Waals surface area contributed by atoms with E-state index in [-0.39, 0.29) is 30.7 Å². The fraction of sp³-hybridized carbons (Fsp3) is 0.438. The van der Waals surface area contributed by atoms with Crippen molar-refractivity contribution in [2.24, 2.45) is 5.92 Å². The van der Waals surface area contributed by atoms with Crippen molar-refractivity contribution < 1.29 is 23.7 Å². The van der Waals surface area contributed by atoms with Crippen molar-refractivity contribution in [3.05, 3.63) is 34.6 Å². The number of urea groups is 1. The Hall–Kier alpha value is -1.99. The molecule has 1 N–H and O–H groups in total. The summed E-state index contributed by atoms with van der Waals surface area (Å²) in [6.45, 7) is 4.04. The topological polar surface area (TPSA) is 62.1 Å². The minimum atomic E-state index is -0.848. The molecule has 130 valence electrons. The van der Waals surface area contributed by atoms with Gasteiger partial charge in [0.2, 0.25) is 0 Å². The monoisotopic (exact) mass is 356 g/mol. The summed E-state index contributed by atoms with van der Waals surface area (Å²) >= 11 is 5.99. The van der Waals surface area contributed by atoms with Gasteiger partial charge in [0.05, 0.1) is 17.6 Å². The van der Waals surface area contributed by atoms with Crippen LogP contribution in [0.2, 0.25) is 5.02 Å². The van der Waals surface area contributed by atoms with Crippen molar-refractivity contribution in [3.63, 3.8) is 0 Å². The van der Waals surface area contributed by atoms with E-state index in [4.69, 9.17) is 11.6 Å². The third-order valence-electron chi connectivity index (χ3n) is 3.65. The normalized spacial score (nSPS) is 16.5. The molecule has 8 heteroatoms. The number of nitrogens with zero attached hydrogens (tertiary/aromatic N) is 2. The van der Waals surface area contributed by atoms with E-state index in [2.05, 4.69) is 0 Å². The molecule has 1 aromatic rings. The molecule has 1 atom stereocenters. The standard InChI is InChI=1S/C16H19ClFN3O3/c1-10(2)7-20-14(22)15(23)21(16(20)24)9-19(3)8-11-12(17)5-4-6-13(11)18/h4-6,10H,7-9H2,1-3H3/p+1. The molecule has 1 unspecified atom stereocenters. The first-order valence-electron chi connectivity index (χ1n) is 7.63. The fourth-order valence-corrected chi connectivity index (χ4v) is 2.77.